The van der Waals surface area contributed by atoms with Gasteiger partial charge in [-0.2, -0.15) is 0 Å². The summed E-state index contributed by atoms with van der Waals surface area (Å²) in [6.07, 6.45) is 7.07. The van der Waals surface area contributed by atoms with Crippen molar-refractivity contribution in [2.24, 2.45) is 17.2 Å². The molecule has 1 saturated carbocycles. The Bertz CT molecular complexity index is 185. The van der Waals surface area contributed by atoms with Crippen molar-refractivity contribution in [1.82, 2.24) is 5.01 Å². The molecule has 13 heavy (non-hydrogen) atoms. The van der Waals surface area contributed by atoms with Gasteiger partial charge in [0.15, 0.2) is 0 Å². The molecule has 1 aliphatic heterocycles. The van der Waals surface area contributed by atoms with Gasteiger partial charge in [-0.3, -0.25) is 5.84 Å². The van der Waals surface area contributed by atoms with Crippen molar-refractivity contribution >= 4 is 0 Å². The summed E-state index contributed by atoms with van der Waals surface area (Å²) in [6.45, 7) is 5.70. The van der Waals surface area contributed by atoms with Gasteiger partial charge in [0.2, 0.25) is 0 Å². The first-order chi connectivity index (χ1) is 6.13. The third-order valence-corrected chi connectivity index (χ3v) is 4.15. The van der Waals surface area contributed by atoms with E-state index in [2.05, 4.69) is 18.9 Å². The Hall–Kier alpha value is -0.0800. The van der Waals surface area contributed by atoms with Crippen molar-refractivity contribution in [3.63, 3.8) is 0 Å². The molecule has 0 bridgehead atoms. The number of nitrogens with two attached hydrogens (primary N) is 1. The first-order valence-electron chi connectivity index (χ1n) is 5.64. The largest absolute Gasteiger partial charge is 0.269 e. The molecule has 2 rings (SSSR count). The summed E-state index contributed by atoms with van der Waals surface area (Å²) >= 11 is 0. The Labute approximate surface area is 81.4 Å². The average molecular weight is 182 g/mol. The molecule has 2 nitrogen and oxygen atoms in total. The fourth-order valence-electron chi connectivity index (χ4n) is 2.94. The zero-order valence-electron chi connectivity index (χ0n) is 8.92. The lowest BCUT2D eigenvalue weighted by Crippen LogP contribution is -2.54. The highest BCUT2D eigenvalue weighted by atomic mass is 15.4. The number of hydrazine groups is 1. The van der Waals surface area contributed by atoms with Gasteiger partial charge in [0.1, 0.15) is 0 Å². The smallest absolute Gasteiger partial charge is 0.0269 e. The Morgan fingerprint density at radius 1 is 1.31 bits per heavy atom. The van der Waals surface area contributed by atoms with Gasteiger partial charge in [0.05, 0.1) is 0 Å². The molecule has 0 aromatic rings. The van der Waals surface area contributed by atoms with Crippen LogP contribution in [0.1, 0.15) is 46.0 Å². The summed E-state index contributed by atoms with van der Waals surface area (Å²) in [5.41, 5.74) is 0.713. The van der Waals surface area contributed by atoms with Crippen LogP contribution >= 0.6 is 0 Å². The van der Waals surface area contributed by atoms with Gasteiger partial charge in [-0.05, 0) is 37.0 Å². The Morgan fingerprint density at radius 2 is 2.00 bits per heavy atom. The van der Waals surface area contributed by atoms with Crippen molar-refractivity contribution in [2.45, 2.75) is 52.0 Å². The van der Waals surface area contributed by atoms with Gasteiger partial charge in [0, 0.05) is 12.6 Å². The number of rotatable bonds is 1. The van der Waals surface area contributed by atoms with Gasteiger partial charge in [-0.1, -0.05) is 20.3 Å². The molecular weight excluding hydrogens is 160 g/mol. The van der Waals surface area contributed by atoms with E-state index in [1.807, 2.05) is 0 Å². The quantitative estimate of drug-likeness (QED) is 0.630. The molecule has 76 valence electrons. The third-order valence-electron chi connectivity index (χ3n) is 4.15. The topological polar surface area (TPSA) is 29.3 Å². The first-order valence-corrected chi connectivity index (χ1v) is 5.64. The van der Waals surface area contributed by atoms with Gasteiger partial charge >= 0.3 is 0 Å². The summed E-state index contributed by atoms with van der Waals surface area (Å²) in [4.78, 5) is 0. The second kappa shape index (κ2) is 3.25. The minimum Gasteiger partial charge on any atom is -0.269 e. The molecule has 0 aromatic heterocycles. The molecule has 0 radical (unpaired) electrons. The number of nitrogens with zero attached hydrogens (tertiary/aromatic N) is 1. The van der Waals surface area contributed by atoms with E-state index in [4.69, 9.17) is 5.84 Å². The van der Waals surface area contributed by atoms with Crippen LogP contribution in [0.3, 0.4) is 0 Å². The molecule has 0 aromatic carbocycles. The Morgan fingerprint density at radius 3 is 2.46 bits per heavy atom. The third kappa shape index (κ3) is 1.62. The van der Waals surface area contributed by atoms with Crippen LogP contribution in [-0.4, -0.2) is 17.6 Å². The molecule has 2 aliphatic rings. The van der Waals surface area contributed by atoms with Crippen LogP contribution in [0.5, 0.6) is 0 Å². The zero-order valence-corrected chi connectivity index (χ0v) is 8.92. The van der Waals surface area contributed by atoms with Crippen molar-refractivity contribution in [3.8, 4) is 0 Å². The molecule has 2 heteroatoms. The summed E-state index contributed by atoms with van der Waals surface area (Å²) in [7, 11) is 0. The van der Waals surface area contributed by atoms with Gasteiger partial charge in [0.25, 0.3) is 0 Å². The van der Waals surface area contributed by atoms with Crippen molar-refractivity contribution < 1.29 is 0 Å². The van der Waals surface area contributed by atoms with Crippen LogP contribution in [0.4, 0.5) is 0 Å². The molecule has 1 unspecified atom stereocenters. The Kier molecular flexibility index (Phi) is 2.37. The second-order valence-electron chi connectivity index (χ2n) is 5.36. The number of hydrogen-bond acceptors (Lipinski definition) is 2. The zero-order chi connectivity index (χ0) is 9.47. The normalized spacial score (nSPS) is 33.7. The molecule has 1 atom stereocenters. The van der Waals surface area contributed by atoms with Gasteiger partial charge in [-0.25, -0.2) is 5.01 Å². The monoisotopic (exact) mass is 182 g/mol. The highest BCUT2D eigenvalue weighted by Crippen LogP contribution is 2.50. The standard InChI is InChI=1S/C11H22N2/c1-9(2)10-8-11(4-3-5-11)6-7-13(10)12/h9-10H,3-8,12H2,1-2H3. The molecule has 1 aliphatic carbocycles. The van der Waals surface area contributed by atoms with E-state index in [1.54, 1.807) is 0 Å². The minimum absolute atomic E-state index is 0.633. The number of hydrogen-bond donors (Lipinski definition) is 1. The first kappa shape index (κ1) is 9.47. The molecule has 1 heterocycles. The van der Waals surface area contributed by atoms with E-state index in [0.717, 1.165) is 6.54 Å². The maximum atomic E-state index is 6.01. The van der Waals surface area contributed by atoms with Gasteiger partial charge < -0.3 is 0 Å². The second-order valence-corrected chi connectivity index (χ2v) is 5.36. The molecule has 0 amide bonds. The lowest BCUT2D eigenvalue weighted by atomic mass is 9.61. The fourth-order valence-corrected chi connectivity index (χ4v) is 2.94. The van der Waals surface area contributed by atoms with E-state index in [-0.39, 0.29) is 0 Å². The fraction of sp³-hybridized carbons (Fsp3) is 1.00. The van der Waals surface area contributed by atoms with Crippen LogP contribution in [-0.2, 0) is 0 Å². The van der Waals surface area contributed by atoms with Crippen molar-refractivity contribution in [2.75, 3.05) is 6.54 Å². The highest BCUT2D eigenvalue weighted by molar-refractivity contribution is 4.95. The highest BCUT2D eigenvalue weighted by Gasteiger charge is 2.43. The summed E-state index contributed by atoms with van der Waals surface area (Å²) < 4.78 is 0. The lowest BCUT2D eigenvalue weighted by Gasteiger charge is -2.51. The van der Waals surface area contributed by atoms with Crippen LogP contribution in [0.2, 0.25) is 0 Å². The van der Waals surface area contributed by atoms with Crippen LogP contribution in [0, 0.1) is 11.3 Å². The van der Waals surface area contributed by atoms with Crippen LogP contribution < -0.4 is 5.84 Å². The summed E-state index contributed by atoms with van der Waals surface area (Å²) in [5.74, 6) is 6.72. The minimum atomic E-state index is 0.633. The summed E-state index contributed by atoms with van der Waals surface area (Å²) in [5, 5.41) is 2.08. The average Bonchev–Trinajstić information content (AvgIpc) is 2.02. The summed E-state index contributed by atoms with van der Waals surface area (Å²) in [6, 6.07) is 0.633. The molecular formula is C11H22N2. The SMILES string of the molecule is CC(C)C1CC2(CCC2)CCN1N. The predicted octanol–water partition coefficient (Wildman–Crippen LogP) is 2.15. The molecule has 2 N–H and O–H groups in total. The Balaban J connectivity index is 2.01. The van der Waals surface area contributed by atoms with Crippen LogP contribution in [0.25, 0.3) is 0 Å². The van der Waals surface area contributed by atoms with Crippen molar-refractivity contribution in [3.05, 3.63) is 0 Å². The maximum Gasteiger partial charge on any atom is 0.0269 e. The number of piperidine rings is 1. The van der Waals surface area contributed by atoms with E-state index in [0.29, 0.717) is 17.4 Å². The molecule has 1 spiro atoms. The van der Waals surface area contributed by atoms with Crippen LogP contribution in [0.15, 0.2) is 0 Å². The van der Waals surface area contributed by atoms with Crippen molar-refractivity contribution in [1.29, 1.82) is 0 Å². The van der Waals surface area contributed by atoms with E-state index < -0.39 is 0 Å². The maximum absolute atomic E-state index is 6.01. The predicted molar refractivity (Wildman–Crippen MR) is 55.0 cm³/mol. The molecule has 1 saturated heterocycles. The van der Waals surface area contributed by atoms with E-state index >= 15 is 0 Å². The van der Waals surface area contributed by atoms with E-state index in [1.165, 1.54) is 32.1 Å². The molecule has 2 fully saturated rings. The van der Waals surface area contributed by atoms with E-state index in [9.17, 15) is 0 Å². The lowest BCUT2D eigenvalue weighted by molar-refractivity contribution is -0.0208. The van der Waals surface area contributed by atoms with Gasteiger partial charge in [-0.15, -0.1) is 0 Å².